The summed E-state index contributed by atoms with van der Waals surface area (Å²) < 4.78 is 8.22. The van der Waals surface area contributed by atoms with Gasteiger partial charge in [0.05, 0.1) is 6.54 Å². The molecule has 0 aliphatic rings. The highest BCUT2D eigenvalue weighted by atomic mass is 32.1. The minimum atomic E-state index is 0.712. The molecular formula is C13H15NOS. The van der Waals surface area contributed by atoms with Crippen molar-refractivity contribution in [1.82, 2.24) is 4.74 Å². The lowest BCUT2D eigenvalue weighted by molar-refractivity contribution is 0.260. The van der Waals surface area contributed by atoms with Crippen molar-refractivity contribution in [2.24, 2.45) is 0 Å². The maximum Gasteiger partial charge on any atom is 0.141 e. The van der Waals surface area contributed by atoms with Crippen molar-refractivity contribution in [3.63, 3.8) is 0 Å². The maximum atomic E-state index is 5.67. The number of nitrogens with zero attached hydrogens (tertiary/aromatic N) is 1. The van der Waals surface area contributed by atoms with Crippen molar-refractivity contribution in [2.45, 2.75) is 26.3 Å². The first-order valence-electron chi connectivity index (χ1n) is 5.53. The average molecular weight is 233 g/mol. The van der Waals surface area contributed by atoms with Crippen LogP contribution in [0.2, 0.25) is 0 Å². The van der Waals surface area contributed by atoms with E-state index in [4.69, 9.17) is 16.7 Å². The van der Waals surface area contributed by atoms with Crippen molar-refractivity contribution in [2.75, 3.05) is 0 Å². The van der Waals surface area contributed by atoms with Crippen LogP contribution >= 0.6 is 12.2 Å². The molecular weight excluding hydrogens is 218 g/mol. The summed E-state index contributed by atoms with van der Waals surface area (Å²) in [7, 11) is 0. The zero-order valence-corrected chi connectivity index (χ0v) is 10.2. The predicted molar refractivity (Wildman–Crippen MR) is 67.1 cm³/mol. The molecule has 1 aromatic carbocycles. The van der Waals surface area contributed by atoms with Crippen LogP contribution in [0.4, 0.5) is 0 Å². The van der Waals surface area contributed by atoms with Crippen LogP contribution in [0.3, 0.4) is 0 Å². The third kappa shape index (κ3) is 2.61. The quantitative estimate of drug-likeness (QED) is 0.747. The molecule has 3 heteroatoms. The SMILES string of the molecule is CCCc1cc(=S)n(Cc2ccccc2)o1. The Balaban J connectivity index is 2.19. The third-order valence-corrected chi connectivity index (χ3v) is 2.74. The van der Waals surface area contributed by atoms with Crippen molar-refractivity contribution in [3.05, 3.63) is 52.4 Å². The Kier molecular flexibility index (Phi) is 3.57. The van der Waals surface area contributed by atoms with E-state index in [0.29, 0.717) is 6.54 Å². The van der Waals surface area contributed by atoms with Crippen molar-refractivity contribution >= 4 is 12.2 Å². The Morgan fingerprint density at radius 1 is 1.25 bits per heavy atom. The molecule has 0 atom stereocenters. The zero-order chi connectivity index (χ0) is 11.4. The number of hydrogen-bond acceptors (Lipinski definition) is 2. The summed E-state index contributed by atoms with van der Waals surface area (Å²) in [6.45, 7) is 2.84. The number of aromatic nitrogens is 1. The van der Waals surface area contributed by atoms with Gasteiger partial charge in [-0.2, -0.15) is 4.74 Å². The Hall–Kier alpha value is -1.35. The fourth-order valence-electron chi connectivity index (χ4n) is 1.65. The van der Waals surface area contributed by atoms with Gasteiger partial charge in [0, 0.05) is 12.5 Å². The molecule has 84 valence electrons. The molecule has 0 unspecified atom stereocenters. The lowest BCUT2D eigenvalue weighted by Crippen LogP contribution is -1.97. The Morgan fingerprint density at radius 2 is 2.00 bits per heavy atom. The second-order valence-electron chi connectivity index (χ2n) is 3.81. The van der Waals surface area contributed by atoms with Crippen LogP contribution in [0.5, 0.6) is 0 Å². The highest BCUT2D eigenvalue weighted by Crippen LogP contribution is 2.10. The topological polar surface area (TPSA) is 18.1 Å². The largest absolute Gasteiger partial charge is 0.383 e. The summed E-state index contributed by atoms with van der Waals surface area (Å²) >= 11 is 5.26. The van der Waals surface area contributed by atoms with Crippen molar-refractivity contribution < 1.29 is 4.52 Å². The van der Waals surface area contributed by atoms with Gasteiger partial charge in [0.15, 0.2) is 0 Å². The van der Waals surface area contributed by atoms with Gasteiger partial charge in [-0.3, -0.25) is 0 Å². The van der Waals surface area contributed by atoms with E-state index in [1.165, 1.54) is 5.56 Å². The standard InChI is InChI=1S/C13H15NOS/c1-2-6-12-9-13(16)14(15-12)10-11-7-4-3-5-8-11/h3-5,7-9H,2,6,10H2,1H3. The second-order valence-corrected chi connectivity index (χ2v) is 4.23. The smallest absolute Gasteiger partial charge is 0.141 e. The number of rotatable bonds is 4. The molecule has 2 nitrogen and oxygen atoms in total. The van der Waals surface area contributed by atoms with E-state index in [9.17, 15) is 0 Å². The third-order valence-electron chi connectivity index (χ3n) is 2.42. The van der Waals surface area contributed by atoms with Crippen LogP contribution in [0.25, 0.3) is 0 Å². The minimum absolute atomic E-state index is 0.712. The number of hydrogen-bond donors (Lipinski definition) is 0. The van der Waals surface area contributed by atoms with Crippen LogP contribution in [-0.4, -0.2) is 4.74 Å². The molecule has 0 aliphatic heterocycles. The van der Waals surface area contributed by atoms with Gasteiger partial charge in [-0.05, 0) is 12.0 Å². The highest BCUT2D eigenvalue weighted by Gasteiger charge is 2.03. The van der Waals surface area contributed by atoms with Crippen molar-refractivity contribution in [1.29, 1.82) is 0 Å². The molecule has 0 radical (unpaired) electrons. The summed E-state index contributed by atoms with van der Waals surface area (Å²) in [5, 5.41) is 0. The predicted octanol–water partition coefficient (Wildman–Crippen LogP) is 3.81. The first-order chi connectivity index (χ1) is 7.79. The molecule has 0 amide bonds. The van der Waals surface area contributed by atoms with E-state index in [1.807, 2.05) is 24.3 Å². The molecule has 0 aliphatic carbocycles. The van der Waals surface area contributed by atoms with Crippen LogP contribution in [0.15, 0.2) is 40.9 Å². The van der Waals surface area contributed by atoms with Crippen LogP contribution < -0.4 is 0 Å². The van der Waals surface area contributed by atoms with E-state index in [0.717, 1.165) is 23.2 Å². The maximum absolute atomic E-state index is 5.67. The normalized spacial score (nSPS) is 10.6. The van der Waals surface area contributed by atoms with Gasteiger partial charge in [0.25, 0.3) is 0 Å². The van der Waals surface area contributed by atoms with Crippen LogP contribution in [0, 0.1) is 4.64 Å². The van der Waals surface area contributed by atoms with Gasteiger partial charge in [0.1, 0.15) is 10.4 Å². The Bertz CT molecular complexity index is 498. The molecule has 2 rings (SSSR count). The van der Waals surface area contributed by atoms with Gasteiger partial charge in [-0.15, -0.1) is 0 Å². The Morgan fingerprint density at radius 3 is 2.69 bits per heavy atom. The fraction of sp³-hybridized carbons (Fsp3) is 0.308. The average Bonchev–Trinajstić information content (AvgIpc) is 2.61. The molecule has 0 N–H and O–H groups in total. The molecule has 16 heavy (non-hydrogen) atoms. The summed E-state index contributed by atoms with van der Waals surface area (Å²) in [5.41, 5.74) is 1.20. The first-order valence-corrected chi connectivity index (χ1v) is 5.94. The summed E-state index contributed by atoms with van der Waals surface area (Å²) in [4.78, 5) is 0. The fourth-order valence-corrected chi connectivity index (χ4v) is 1.88. The van der Waals surface area contributed by atoms with Crippen molar-refractivity contribution in [3.8, 4) is 0 Å². The van der Waals surface area contributed by atoms with E-state index < -0.39 is 0 Å². The number of aryl methyl sites for hydroxylation is 1. The minimum Gasteiger partial charge on any atom is -0.383 e. The zero-order valence-electron chi connectivity index (χ0n) is 9.35. The van der Waals surface area contributed by atoms with E-state index in [1.54, 1.807) is 4.74 Å². The van der Waals surface area contributed by atoms with E-state index >= 15 is 0 Å². The number of benzene rings is 1. The molecule has 1 aromatic heterocycles. The Labute approximate surface area is 100 Å². The van der Waals surface area contributed by atoms with E-state index in [-0.39, 0.29) is 0 Å². The van der Waals surface area contributed by atoms with Gasteiger partial charge in [0.2, 0.25) is 0 Å². The second kappa shape index (κ2) is 5.12. The molecule has 0 saturated carbocycles. The van der Waals surface area contributed by atoms with Gasteiger partial charge in [-0.25, -0.2) is 0 Å². The summed E-state index contributed by atoms with van der Waals surface area (Å²) in [6, 6.07) is 12.1. The first kappa shape index (κ1) is 11.1. The van der Waals surface area contributed by atoms with E-state index in [2.05, 4.69) is 19.1 Å². The molecule has 2 aromatic rings. The molecule has 0 spiro atoms. The van der Waals surface area contributed by atoms with Crippen LogP contribution in [-0.2, 0) is 13.0 Å². The molecule has 0 fully saturated rings. The lowest BCUT2D eigenvalue weighted by atomic mass is 10.2. The summed E-state index contributed by atoms with van der Waals surface area (Å²) in [5.74, 6) is 0.975. The van der Waals surface area contributed by atoms with Crippen LogP contribution in [0.1, 0.15) is 24.7 Å². The monoisotopic (exact) mass is 233 g/mol. The molecule has 0 bridgehead atoms. The van der Waals surface area contributed by atoms with Gasteiger partial charge in [-0.1, -0.05) is 49.5 Å². The highest BCUT2D eigenvalue weighted by molar-refractivity contribution is 7.71. The molecule has 0 saturated heterocycles. The summed E-state index contributed by atoms with van der Waals surface area (Å²) in [6.07, 6.45) is 2.03. The van der Waals surface area contributed by atoms with Gasteiger partial charge < -0.3 is 4.52 Å². The van der Waals surface area contributed by atoms with Gasteiger partial charge >= 0.3 is 0 Å². The molecule has 1 heterocycles. The lowest BCUT2D eigenvalue weighted by Gasteiger charge is -2.01.